The lowest BCUT2D eigenvalue weighted by Crippen LogP contribution is -2.30. The number of rotatable bonds is 12. The minimum Gasteiger partial charge on any atom is -0.481 e. The second kappa shape index (κ2) is 12.3. The van der Waals surface area contributed by atoms with E-state index >= 15 is 0 Å². The highest BCUT2D eigenvalue weighted by Gasteiger charge is 2.08. The molecule has 4 nitrogen and oxygen atoms in total. The molecule has 0 spiro atoms. The summed E-state index contributed by atoms with van der Waals surface area (Å²) in [5.41, 5.74) is 0. The van der Waals surface area contributed by atoms with Gasteiger partial charge in [0.2, 0.25) is 5.91 Å². The summed E-state index contributed by atoms with van der Waals surface area (Å²) in [7, 11) is 0. The molecule has 1 atom stereocenters. The van der Waals surface area contributed by atoms with Crippen molar-refractivity contribution in [3.8, 4) is 0 Å². The summed E-state index contributed by atoms with van der Waals surface area (Å²) in [5, 5.41) is 11.4. The number of aliphatic carboxylic acids is 1. The van der Waals surface area contributed by atoms with Crippen LogP contribution in [-0.2, 0) is 9.59 Å². The fourth-order valence-corrected chi connectivity index (χ4v) is 1.92. The van der Waals surface area contributed by atoms with E-state index in [0.29, 0.717) is 5.75 Å². The van der Waals surface area contributed by atoms with E-state index in [-0.39, 0.29) is 18.2 Å². The molecule has 0 aliphatic carbocycles. The molecule has 0 fully saturated rings. The molecule has 0 aromatic rings. The van der Waals surface area contributed by atoms with E-state index in [1.807, 2.05) is 6.92 Å². The van der Waals surface area contributed by atoms with E-state index in [9.17, 15) is 9.59 Å². The third-order valence-corrected chi connectivity index (χ3v) is 3.64. The summed E-state index contributed by atoms with van der Waals surface area (Å²) >= 11 is 4.09. The Kier molecular flexibility index (Phi) is 11.9. The Morgan fingerprint density at radius 2 is 1.58 bits per heavy atom. The molecule has 0 bridgehead atoms. The lowest BCUT2D eigenvalue weighted by Gasteiger charge is -2.09. The van der Waals surface area contributed by atoms with Gasteiger partial charge >= 0.3 is 5.97 Å². The summed E-state index contributed by atoms with van der Waals surface area (Å²) < 4.78 is 0. The highest BCUT2D eigenvalue weighted by atomic mass is 32.1. The molecule has 0 aliphatic rings. The molecule has 1 amide bonds. The summed E-state index contributed by atoms with van der Waals surface area (Å²) in [6.45, 7) is 2.62. The average molecular weight is 289 g/mol. The number of carbonyl (C=O) groups is 2. The zero-order chi connectivity index (χ0) is 14.5. The number of unbranched alkanes of at least 4 members (excludes halogenated alkanes) is 6. The van der Waals surface area contributed by atoms with Gasteiger partial charge in [-0.2, -0.15) is 12.6 Å². The molecule has 0 rings (SSSR count). The van der Waals surface area contributed by atoms with Crippen molar-refractivity contribution in [2.45, 2.75) is 58.3 Å². The van der Waals surface area contributed by atoms with Gasteiger partial charge in [-0.1, -0.05) is 39.0 Å². The molecular weight excluding hydrogens is 262 g/mol. The first-order valence-corrected chi connectivity index (χ1v) is 7.81. The van der Waals surface area contributed by atoms with Crippen LogP contribution in [0.2, 0.25) is 0 Å². The summed E-state index contributed by atoms with van der Waals surface area (Å²) in [6, 6.07) is 0. The summed E-state index contributed by atoms with van der Waals surface area (Å²) in [5.74, 6) is -0.0465. The molecule has 0 heterocycles. The van der Waals surface area contributed by atoms with Crippen molar-refractivity contribution in [2.75, 3.05) is 12.3 Å². The first kappa shape index (κ1) is 18.3. The van der Waals surface area contributed by atoms with Crippen LogP contribution in [-0.4, -0.2) is 29.3 Å². The van der Waals surface area contributed by atoms with Gasteiger partial charge in [-0.05, 0) is 12.8 Å². The van der Waals surface area contributed by atoms with Gasteiger partial charge in [0.1, 0.15) is 0 Å². The standard InChI is InChI=1S/C14H27NO3S/c1-12(11-19)14(18)15-10-8-6-4-2-3-5-7-9-13(16)17/h12,19H,2-11H2,1H3,(H,15,18)(H,16,17). The quantitative estimate of drug-likeness (QED) is 0.382. The molecular formula is C14H27NO3S. The minimum absolute atomic E-state index is 0.0161. The predicted octanol–water partition coefficient (Wildman–Crippen LogP) is 2.87. The van der Waals surface area contributed by atoms with Crippen LogP contribution in [0.4, 0.5) is 0 Å². The topological polar surface area (TPSA) is 66.4 Å². The summed E-state index contributed by atoms with van der Waals surface area (Å²) in [6.07, 6.45) is 7.63. The Balaban J connectivity index is 3.19. The SMILES string of the molecule is CC(CS)C(=O)NCCCCCCCCCC(=O)O. The lowest BCUT2D eigenvalue weighted by atomic mass is 10.1. The second-order valence-electron chi connectivity index (χ2n) is 4.99. The van der Waals surface area contributed by atoms with Gasteiger partial charge in [0.25, 0.3) is 0 Å². The van der Waals surface area contributed by atoms with Crippen molar-refractivity contribution >= 4 is 24.5 Å². The van der Waals surface area contributed by atoms with Gasteiger partial charge in [0.05, 0.1) is 0 Å². The Labute approximate surface area is 121 Å². The number of hydrogen-bond acceptors (Lipinski definition) is 3. The average Bonchev–Trinajstić information content (AvgIpc) is 2.39. The fourth-order valence-electron chi connectivity index (χ4n) is 1.75. The third-order valence-electron chi connectivity index (χ3n) is 3.09. The largest absolute Gasteiger partial charge is 0.481 e. The maximum absolute atomic E-state index is 11.4. The number of amides is 1. The Bertz CT molecular complexity index is 259. The highest BCUT2D eigenvalue weighted by Crippen LogP contribution is 2.08. The van der Waals surface area contributed by atoms with Crippen molar-refractivity contribution in [1.82, 2.24) is 5.32 Å². The molecule has 2 N–H and O–H groups in total. The first-order chi connectivity index (χ1) is 9.07. The van der Waals surface area contributed by atoms with Crippen LogP contribution in [0.15, 0.2) is 0 Å². The molecule has 0 aromatic heterocycles. The second-order valence-corrected chi connectivity index (χ2v) is 5.36. The van der Waals surface area contributed by atoms with E-state index < -0.39 is 5.97 Å². The minimum atomic E-state index is -0.703. The van der Waals surface area contributed by atoms with Crippen molar-refractivity contribution in [3.63, 3.8) is 0 Å². The smallest absolute Gasteiger partial charge is 0.303 e. The maximum Gasteiger partial charge on any atom is 0.303 e. The van der Waals surface area contributed by atoms with Gasteiger partial charge < -0.3 is 10.4 Å². The van der Waals surface area contributed by atoms with E-state index in [4.69, 9.17) is 5.11 Å². The summed E-state index contributed by atoms with van der Waals surface area (Å²) in [4.78, 5) is 21.7. The van der Waals surface area contributed by atoms with Crippen LogP contribution in [0.5, 0.6) is 0 Å². The molecule has 1 unspecified atom stereocenters. The number of carboxylic acids is 1. The van der Waals surface area contributed by atoms with E-state index in [1.54, 1.807) is 0 Å². The number of thiol groups is 1. The zero-order valence-electron chi connectivity index (χ0n) is 11.9. The molecule has 0 saturated carbocycles. The Morgan fingerprint density at radius 1 is 1.05 bits per heavy atom. The van der Waals surface area contributed by atoms with Crippen LogP contribution >= 0.6 is 12.6 Å². The highest BCUT2D eigenvalue weighted by molar-refractivity contribution is 7.80. The molecule has 0 radical (unpaired) electrons. The van der Waals surface area contributed by atoms with Gasteiger partial charge in [-0.3, -0.25) is 9.59 Å². The Morgan fingerprint density at radius 3 is 2.11 bits per heavy atom. The zero-order valence-corrected chi connectivity index (χ0v) is 12.8. The molecule has 0 aliphatic heterocycles. The van der Waals surface area contributed by atoms with Gasteiger partial charge in [0.15, 0.2) is 0 Å². The number of hydrogen-bond donors (Lipinski definition) is 3. The number of nitrogens with one attached hydrogen (secondary N) is 1. The van der Waals surface area contributed by atoms with E-state index in [1.165, 1.54) is 0 Å². The van der Waals surface area contributed by atoms with Crippen LogP contribution in [0.25, 0.3) is 0 Å². The van der Waals surface area contributed by atoms with Gasteiger partial charge in [-0.15, -0.1) is 0 Å². The molecule has 0 aromatic carbocycles. The van der Waals surface area contributed by atoms with Crippen molar-refractivity contribution in [3.05, 3.63) is 0 Å². The van der Waals surface area contributed by atoms with Crippen molar-refractivity contribution in [2.24, 2.45) is 5.92 Å². The molecule has 112 valence electrons. The molecule has 5 heteroatoms. The number of carboxylic acid groups (broad SMARTS) is 1. The van der Waals surface area contributed by atoms with E-state index in [2.05, 4.69) is 17.9 Å². The third kappa shape index (κ3) is 12.1. The van der Waals surface area contributed by atoms with Gasteiger partial charge in [0, 0.05) is 24.6 Å². The van der Waals surface area contributed by atoms with Crippen LogP contribution in [0.1, 0.15) is 58.3 Å². The Hall–Kier alpha value is -0.710. The lowest BCUT2D eigenvalue weighted by molar-refractivity contribution is -0.137. The number of carbonyl (C=O) groups excluding carboxylic acids is 1. The van der Waals surface area contributed by atoms with Crippen LogP contribution < -0.4 is 5.32 Å². The maximum atomic E-state index is 11.4. The predicted molar refractivity (Wildman–Crippen MR) is 80.6 cm³/mol. The van der Waals surface area contributed by atoms with Crippen molar-refractivity contribution < 1.29 is 14.7 Å². The molecule has 19 heavy (non-hydrogen) atoms. The fraction of sp³-hybridized carbons (Fsp3) is 0.857. The van der Waals surface area contributed by atoms with Crippen LogP contribution in [0.3, 0.4) is 0 Å². The normalized spacial score (nSPS) is 12.1. The van der Waals surface area contributed by atoms with Crippen LogP contribution in [0, 0.1) is 5.92 Å². The monoisotopic (exact) mass is 289 g/mol. The first-order valence-electron chi connectivity index (χ1n) is 7.18. The molecule has 0 saturated heterocycles. The van der Waals surface area contributed by atoms with Crippen molar-refractivity contribution in [1.29, 1.82) is 0 Å². The van der Waals surface area contributed by atoms with Gasteiger partial charge in [-0.25, -0.2) is 0 Å². The van der Waals surface area contributed by atoms with E-state index in [0.717, 1.165) is 51.5 Å².